The van der Waals surface area contributed by atoms with Crippen molar-refractivity contribution in [2.45, 2.75) is 19.3 Å². The van der Waals surface area contributed by atoms with E-state index in [0.29, 0.717) is 0 Å². The fourth-order valence-corrected chi connectivity index (χ4v) is 6.62. The van der Waals surface area contributed by atoms with Crippen LogP contribution < -0.4 is 0 Å². The first-order valence-electron chi connectivity index (χ1n) is 15.8. The van der Waals surface area contributed by atoms with E-state index in [1.54, 1.807) is 0 Å². The van der Waals surface area contributed by atoms with E-state index >= 15 is 0 Å². The summed E-state index contributed by atoms with van der Waals surface area (Å²) in [5.41, 5.74) is 8.38. The van der Waals surface area contributed by atoms with Crippen LogP contribution in [0, 0.1) is 20.9 Å². The second kappa shape index (κ2) is 18.7. The summed E-state index contributed by atoms with van der Waals surface area (Å²) in [4.78, 5) is 0. The molecular weight excluding hydrogens is 656 g/mol. The fraction of sp³-hybridized carbons (Fsp3) is 0.0638. The van der Waals surface area contributed by atoms with Crippen LogP contribution in [0.15, 0.2) is 193 Å². The Morgan fingerprint density at radius 1 is 0.500 bits per heavy atom. The second-order valence-corrected chi connectivity index (χ2v) is 12.6. The molecule has 0 unspecified atom stereocenters. The van der Waals surface area contributed by atoms with E-state index in [1.807, 2.05) is 0 Å². The van der Waals surface area contributed by atoms with Gasteiger partial charge >= 0.3 is 99.2 Å². The molecule has 1 heteroatoms. The van der Waals surface area contributed by atoms with Gasteiger partial charge in [0.1, 0.15) is 0 Å². The van der Waals surface area contributed by atoms with Gasteiger partial charge in [0, 0.05) is 0 Å². The third-order valence-electron chi connectivity index (χ3n) is 8.19. The zero-order valence-electron chi connectivity index (χ0n) is 27.9. The molecule has 0 N–H and O–H groups in total. The van der Waals surface area contributed by atoms with Crippen molar-refractivity contribution in [3.8, 4) is 0 Å². The standard InChI is InChI=1S/C19H17.C13H9.C13H10.2CH3.Zr/c1-3-8-16(9-4-1)14-18-12-7-13-19(18)15-17-10-5-2-6-11-17;1-3-7-12-10(5-1)9-11-6-2-4-8-13(11)12;1-3-7-12(8-4-1)11-13-9-5-2-6-10-13;;;/h1-6,8-12H,13-15H2;1-9H;1-10H;2*1H3;/q2*-1;;2*-1;. The van der Waals surface area contributed by atoms with Gasteiger partial charge in [-0.05, 0) is 12.0 Å². The summed E-state index contributed by atoms with van der Waals surface area (Å²) in [6, 6.07) is 61.7. The minimum atomic E-state index is 0. The molecule has 0 saturated heterocycles. The molecular formula is C47H42Zr-4. The molecule has 0 bridgehead atoms. The Morgan fingerprint density at radius 3 is 1.38 bits per heavy atom. The predicted octanol–water partition coefficient (Wildman–Crippen LogP) is 11.9. The van der Waals surface area contributed by atoms with E-state index in [9.17, 15) is 0 Å². The maximum absolute atomic E-state index is 3.36. The Kier molecular flexibility index (Phi) is 14.1. The number of fused-ring (bicyclic) bond motifs is 3. The molecule has 0 heterocycles. The smallest absolute Gasteiger partial charge is 0.0771 e. The van der Waals surface area contributed by atoms with E-state index in [-0.39, 0.29) is 14.9 Å². The van der Waals surface area contributed by atoms with Gasteiger partial charge in [-0.15, -0.1) is 46.2 Å². The summed E-state index contributed by atoms with van der Waals surface area (Å²) in [6.07, 6.45) is 8.59. The van der Waals surface area contributed by atoms with Crippen molar-refractivity contribution >= 4 is 24.8 Å². The summed E-state index contributed by atoms with van der Waals surface area (Å²) in [7, 11) is 0. The van der Waals surface area contributed by atoms with Crippen LogP contribution in [-0.2, 0) is 37.1 Å². The van der Waals surface area contributed by atoms with Crippen molar-refractivity contribution in [1.82, 2.24) is 0 Å². The molecule has 0 atom stereocenters. The first-order chi connectivity index (χ1) is 22.7. The second-order valence-electron chi connectivity index (χ2n) is 11.4. The third-order valence-corrected chi connectivity index (χ3v) is 9.61. The number of benzene rings is 6. The Bertz CT molecular complexity index is 1960. The van der Waals surface area contributed by atoms with Gasteiger partial charge in [0.2, 0.25) is 0 Å². The summed E-state index contributed by atoms with van der Waals surface area (Å²) < 4.78 is 1.42. The van der Waals surface area contributed by atoms with Gasteiger partial charge in [-0.3, -0.25) is 6.08 Å². The van der Waals surface area contributed by atoms with Crippen LogP contribution in [0.2, 0.25) is 0 Å². The van der Waals surface area contributed by atoms with E-state index in [4.69, 9.17) is 0 Å². The minimum Gasteiger partial charge on any atom is -0.126 e. The van der Waals surface area contributed by atoms with E-state index < -0.39 is 0 Å². The van der Waals surface area contributed by atoms with E-state index in [1.165, 1.54) is 82.4 Å². The van der Waals surface area contributed by atoms with E-state index in [0.717, 1.165) is 19.3 Å². The van der Waals surface area contributed by atoms with Gasteiger partial charge < -0.3 is 14.9 Å². The maximum Gasteiger partial charge on any atom is -0.0771 e. The van der Waals surface area contributed by atoms with Crippen molar-refractivity contribution in [3.63, 3.8) is 0 Å². The fourth-order valence-electron chi connectivity index (χ4n) is 5.80. The molecule has 7 aromatic rings. The van der Waals surface area contributed by atoms with Crippen LogP contribution >= 0.6 is 0 Å². The van der Waals surface area contributed by atoms with Crippen molar-refractivity contribution in [2.24, 2.45) is 0 Å². The molecule has 238 valence electrons. The SMILES string of the molecule is [C-]1=CC(Cc2ccccc2)=C(Cc2ccccc2)C1.[CH3-].[CH3-].[Zr]=[C](c1ccccc1)c1ccccc1.c1ccc2c(c1)[cH-]c1ccccc12. The van der Waals surface area contributed by atoms with Gasteiger partial charge in [-0.1, -0.05) is 109 Å². The first kappa shape index (κ1) is 36.3. The van der Waals surface area contributed by atoms with Gasteiger partial charge in [0.05, 0.1) is 0 Å². The molecule has 0 aliphatic heterocycles. The van der Waals surface area contributed by atoms with Gasteiger partial charge in [0.25, 0.3) is 0 Å². The van der Waals surface area contributed by atoms with Crippen LogP contribution in [-0.4, -0.2) is 3.21 Å². The normalized spacial score (nSPS) is 11.4. The van der Waals surface area contributed by atoms with Crippen LogP contribution in [0.25, 0.3) is 21.5 Å². The average Bonchev–Trinajstić information content (AvgIpc) is 3.74. The van der Waals surface area contributed by atoms with Gasteiger partial charge in [-0.25, -0.2) is 6.08 Å². The topological polar surface area (TPSA) is 0 Å². The molecule has 0 radical (unpaired) electrons. The average molecular weight is 698 g/mol. The number of rotatable bonds is 6. The quantitative estimate of drug-likeness (QED) is 0.152. The van der Waals surface area contributed by atoms with Crippen molar-refractivity contribution in [1.29, 1.82) is 0 Å². The molecule has 1 aliphatic carbocycles. The van der Waals surface area contributed by atoms with Crippen molar-refractivity contribution < 1.29 is 24.2 Å². The van der Waals surface area contributed by atoms with E-state index in [2.05, 4.69) is 188 Å². The molecule has 0 nitrogen and oxygen atoms in total. The largest absolute Gasteiger partial charge is 0.126 e. The van der Waals surface area contributed by atoms with Crippen LogP contribution in [0.1, 0.15) is 28.7 Å². The van der Waals surface area contributed by atoms with Gasteiger partial charge in [0.15, 0.2) is 0 Å². The molecule has 0 aromatic heterocycles. The number of hydrogen-bond acceptors (Lipinski definition) is 0. The third kappa shape index (κ3) is 9.73. The van der Waals surface area contributed by atoms with Crippen LogP contribution in [0.4, 0.5) is 0 Å². The molecule has 0 fully saturated rings. The van der Waals surface area contributed by atoms with Crippen LogP contribution in [0.3, 0.4) is 0 Å². The Balaban J connectivity index is 0.000000163. The summed E-state index contributed by atoms with van der Waals surface area (Å²) in [6.45, 7) is 0. The zero-order chi connectivity index (χ0) is 31.4. The molecule has 48 heavy (non-hydrogen) atoms. The van der Waals surface area contributed by atoms with Crippen molar-refractivity contribution in [3.05, 3.63) is 236 Å². The zero-order valence-corrected chi connectivity index (χ0v) is 30.4. The number of allylic oxidation sites excluding steroid dienone is 4. The van der Waals surface area contributed by atoms with Crippen molar-refractivity contribution in [2.75, 3.05) is 0 Å². The number of hydrogen-bond donors (Lipinski definition) is 0. The van der Waals surface area contributed by atoms with Crippen LogP contribution in [0.5, 0.6) is 0 Å². The summed E-state index contributed by atoms with van der Waals surface area (Å²) >= 11 is 1.46. The predicted molar refractivity (Wildman–Crippen MR) is 206 cm³/mol. The molecule has 7 aromatic carbocycles. The Hall–Kier alpha value is -4.58. The summed E-state index contributed by atoms with van der Waals surface area (Å²) in [5.74, 6) is 0. The molecule has 8 rings (SSSR count). The Labute approximate surface area is 302 Å². The molecule has 0 saturated carbocycles. The maximum atomic E-state index is 3.36. The summed E-state index contributed by atoms with van der Waals surface area (Å²) in [5, 5.41) is 5.39. The first-order valence-corrected chi connectivity index (χ1v) is 17.1. The minimum absolute atomic E-state index is 0. The molecule has 0 spiro atoms. The Morgan fingerprint density at radius 2 is 0.896 bits per heavy atom. The molecule has 1 aliphatic rings. The molecule has 0 amide bonds. The van der Waals surface area contributed by atoms with Gasteiger partial charge in [-0.2, -0.15) is 11.1 Å². The monoisotopic (exact) mass is 696 g/mol.